The van der Waals surface area contributed by atoms with Gasteiger partial charge in [-0.15, -0.1) is 0 Å². The first-order chi connectivity index (χ1) is 8.06. The van der Waals surface area contributed by atoms with E-state index in [4.69, 9.17) is 0 Å². The Morgan fingerprint density at radius 1 is 0.647 bits per heavy atom. The molecule has 0 heteroatoms. The fourth-order valence-corrected chi connectivity index (χ4v) is 4.53. The van der Waals surface area contributed by atoms with Crippen molar-refractivity contribution in [1.29, 1.82) is 0 Å². The summed E-state index contributed by atoms with van der Waals surface area (Å²) in [7, 11) is 0. The lowest BCUT2D eigenvalue weighted by Crippen LogP contribution is -2.40. The monoisotopic (exact) mass is 236 g/mol. The van der Waals surface area contributed by atoms with E-state index in [1.54, 1.807) is 0 Å². The van der Waals surface area contributed by atoms with Crippen LogP contribution in [-0.4, -0.2) is 0 Å². The minimum Gasteiger partial charge on any atom is -0.0594 e. The molecule has 0 spiro atoms. The number of rotatable bonds is 1. The molecular formula is C17H32. The summed E-state index contributed by atoms with van der Waals surface area (Å²) in [5, 5.41) is 0. The Morgan fingerprint density at radius 3 is 1.82 bits per heavy atom. The second-order valence-corrected chi connectivity index (χ2v) is 7.55. The maximum Gasteiger partial charge on any atom is -0.0246 e. The van der Waals surface area contributed by atoms with E-state index in [0.717, 1.165) is 5.92 Å². The third-order valence-corrected chi connectivity index (χ3v) is 6.30. The standard InChI is InChI=1S/C17H32/c1-16(2)13-9-6-10-14-17(16,3)15-11-7-4-5-8-12-15/h15H,4-14H2,1-3H3. The molecule has 0 aliphatic heterocycles. The zero-order valence-corrected chi connectivity index (χ0v) is 12.4. The fraction of sp³-hybridized carbons (Fsp3) is 1.00. The Balaban J connectivity index is 2.17. The maximum atomic E-state index is 2.63. The minimum atomic E-state index is 0.568. The van der Waals surface area contributed by atoms with Crippen molar-refractivity contribution in [2.24, 2.45) is 16.7 Å². The molecule has 2 rings (SSSR count). The van der Waals surface area contributed by atoms with Crippen molar-refractivity contribution in [1.82, 2.24) is 0 Å². The second-order valence-electron chi connectivity index (χ2n) is 7.55. The van der Waals surface area contributed by atoms with E-state index >= 15 is 0 Å². The molecule has 0 aromatic rings. The highest BCUT2D eigenvalue weighted by atomic mass is 14.5. The van der Waals surface area contributed by atoms with Crippen molar-refractivity contribution in [2.75, 3.05) is 0 Å². The summed E-state index contributed by atoms with van der Waals surface area (Å²) in [6.07, 6.45) is 16.4. The molecule has 0 N–H and O–H groups in total. The average Bonchev–Trinajstić information content (AvgIpc) is 2.61. The van der Waals surface area contributed by atoms with Crippen LogP contribution < -0.4 is 0 Å². The van der Waals surface area contributed by atoms with Gasteiger partial charge in [0, 0.05) is 0 Å². The van der Waals surface area contributed by atoms with Crippen LogP contribution in [0.2, 0.25) is 0 Å². The lowest BCUT2D eigenvalue weighted by atomic mass is 9.56. The molecule has 2 fully saturated rings. The van der Waals surface area contributed by atoms with Crippen molar-refractivity contribution in [3.05, 3.63) is 0 Å². The molecule has 0 aromatic carbocycles. The molecular weight excluding hydrogens is 204 g/mol. The molecule has 0 aromatic heterocycles. The van der Waals surface area contributed by atoms with Crippen LogP contribution in [0.25, 0.3) is 0 Å². The van der Waals surface area contributed by atoms with Gasteiger partial charge in [-0.05, 0) is 42.4 Å². The van der Waals surface area contributed by atoms with Crippen LogP contribution in [0.15, 0.2) is 0 Å². The van der Waals surface area contributed by atoms with E-state index in [-0.39, 0.29) is 0 Å². The van der Waals surface area contributed by atoms with Crippen LogP contribution in [0.3, 0.4) is 0 Å². The SMILES string of the molecule is CC1(C)CCCCCC1(C)C1CCCCCC1. The van der Waals surface area contributed by atoms with Gasteiger partial charge in [-0.2, -0.15) is 0 Å². The molecule has 0 amide bonds. The van der Waals surface area contributed by atoms with Gasteiger partial charge in [-0.1, -0.05) is 65.7 Å². The summed E-state index contributed by atoms with van der Waals surface area (Å²) in [6.45, 7) is 7.75. The van der Waals surface area contributed by atoms with E-state index in [1.807, 2.05) is 0 Å². The van der Waals surface area contributed by atoms with E-state index in [9.17, 15) is 0 Å². The second kappa shape index (κ2) is 5.33. The number of hydrogen-bond donors (Lipinski definition) is 0. The van der Waals surface area contributed by atoms with E-state index in [1.165, 1.54) is 70.6 Å². The summed E-state index contributed by atoms with van der Waals surface area (Å²) in [4.78, 5) is 0. The predicted octanol–water partition coefficient (Wildman–Crippen LogP) is 5.95. The smallest absolute Gasteiger partial charge is 0.0246 e. The van der Waals surface area contributed by atoms with Crippen molar-refractivity contribution >= 4 is 0 Å². The summed E-state index contributed by atoms with van der Waals surface area (Å²) >= 11 is 0. The third-order valence-electron chi connectivity index (χ3n) is 6.30. The lowest BCUT2D eigenvalue weighted by molar-refractivity contribution is 0.00409. The molecule has 2 aliphatic rings. The van der Waals surface area contributed by atoms with Crippen LogP contribution in [0.5, 0.6) is 0 Å². The molecule has 2 aliphatic carbocycles. The highest BCUT2D eigenvalue weighted by Crippen LogP contribution is 2.56. The van der Waals surface area contributed by atoms with Crippen molar-refractivity contribution in [3.63, 3.8) is 0 Å². The zero-order chi connectivity index (χ0) is 12.4. The van der Waals surface area contributed by atoms with Crippen LogP contribution in [0, 0.1) is 16.7 Å². The summed E-state index contributed by atoms with van der Waals surface area (Å²) < 4.78 is 0. The summed E-state index contributed by atoms with van der Waals surface area (Å²) in [6, 6.07) is 0. The molecule has 1 unspecified atom stereocenters. The molecule has 1 atom stereocenters. The quantitative estimate of drug-likeness (QED) is 0.493. The van der Waals surface area contributed by atoms with Crippen LogP contribution >= 0.6 is 0 Å². The molecule has 0 saturated heterocycles. The van der Waals surface area contributed by atoms with Gasteiger partial charge in [-0.25, -0.2) is 0 Å². The van der Waals surface area contributed by atoms with Gasteiger partial charge >= 0.3 is 0 Å². The first kappa shape index (κ1) is 13.4. The van der Waals surface area contributed by atoms with Gasteiger partial charge in [0.25, 0.3) is 0 Å². The van der Waals surface area contributed by atoms with E-state index in [2.05, 4.69) is 20.8 Å². The largest absolute Gasteiger partial charge is 0.0594 e. The van der Waals surface area contributed by atoms with Gasteiger partial charge in [-0.3, -0.25) is 0 Å². The first-order valence-electron chi connectivity index (χ1n) is 8.06. The normalized spacial score (nSPS) is 36.2. The molecule has 17 heavy (non-hydrogen) atoms. The summed E-state index contributed by atoms with van der Waals surface area (Å²) in [5.41, 5.74) is 1.19. The summed E-state index contributed by atoms with van der Waals surface area (Å²) in [5.74, 6) is 1.01. The van der Waals surface area contributed by atoms with Gasteiger partial charge < -0.3 is 0 Å². The molecule has 0 heterocycles. The third kappa shape index (κ3) is 2.71. The molecule has 0 bridgehead atoms. The van der Waals surface area contributed by atoms with Crippen molar-refractivity contribution in [3.8, 4) is 0 Å². The Kier molecular flexibility index (Phi) is 4.21. The Bertz CT molecular complexity index is 232. The van der Waals surface area contributed by atoms with Gasteiger partial charge in [0.2, 0.25) is 0 Å². The average molecular weight is 236 g/mol. The van der Waals surface area contributed by atoms with E-state index < -0.39 is 0 Å². The Hall–Kier alpha value is 0. The molecule has 0 nitrogen and oxygen atoms in total. The van der Waals surface area contributed by atoms with Crippen LogP contribution in [0.4, 0.5) is 0 Å². The fourth-order valence-electron chi connectivity index (χ4n) is 4.53. The van der Waals surface area contributed by atoms with Gasteiger partial charge in [0.1, 0.15) is 0 Å². The topological polar surface area (TPSA) is 0 Å². The van der Waals surface area contributed by atoms with E-state index in [0.29, 0.717) is 10.8 Å². The first-order valence-corrected chi connectivity index (χ1v) is 8.06. The Labute approximate surface area is 109 Å². The predicted molar refractivity (Wildman–Crippen MR) is 76.2 cm³/mol. The molecule has 100 valence electrons. The number of hydrogen-bond acceptors (Lipinski definition) is 0. The van der Waals surface area contributed by atoms with Gasteiger partial charge in [0.15, 0.2) is 0 Å². The lowest BCUT2D eigenvalue weighted by Gasteiger charge is -2.49. The highest BCUT2D eigenvalue weighted by Gasteiger charge is 2.46. The molecule has 0 radical (unpaired) electrons. The maximum absolute atomic E-state index is 2.63. The zero-order valence-electron chi connectivity index (χ0n) is 12.4. The Morgan fingerprint density at radius 2 is 1.18 bits per heavy atom. The molecule has 2 saturated carbocycles. The van der Waals surface area contributed by atoms with Crippen LogP contribution in [0.1, 0.15) is 91.4 Å². The van der Waals surface area contributed by atoms with Crippen molar-refractivity contribution < 1.29 is 0 Å². The van der Waals surface area contributed by atoms with Crippen LogP contribution in [-0.2, 0) is 0 Å². The minimum absolute atomic E-state index is 0.568. The van der Waals surface area contributed by atoms with Gasteiger partial charge in [0.05, 0.1) is 0 Å². The van der Waals surface area contributed by atoms with Crippen molar-refractivity contribution in [2.45, 2.75) is 91.4 Å². The highest BCUT2D eigenvalue weighted by molar-refractivity contribution is 4.96.